The number of thiophene rings is 1. The highest BCUT2D eigenvalue weighted by molar-refractivity contribution is 7.09. The Morgan fingerprint density at radius 3 is 2.63 bits per heavy atom. The zero-order chi connectivity index (χ0) is 25.1. The van der Waals surface area contributed by atoms with Crippen LogP contribution in [0.5, 0.6) is 0 Å². The van der Waals surface area contributed by atoms with Gasteiger partial charge in [-0.1, -0.05) is 39.7 Å². The first kappa shape index (κ1) is 25.4. The summed E-state index contributed by atoms with van der Waals surface area (Å²) in [4.78, 5) is 33.7. The third kappa shape index (κ3) is 5.77. The fourth-order valence-electron chi connectivity index (χ4n) is 5.28. The van der Waals surface area contributed by atoms with Gasteiger partial charge in [-0.3, -0.25) is 9.59 Å². The highest BCUT2D eigenvalue weighted by atomic mass is 32.1. The fourth-order valence-corrected chi connectivity index (χ4v) is 5.98. The van der Waals surface area contributed by atoms with E-state index in [0.29, 0.717) is 29.9 Å². The van der Waals surface area contributed by atoms with Crippen molar-refractivity contribution in [2.45, 2.75) is 71.4 Å². The molecule has 0 aliphatic heterocycles. The number of hydrogen-bond donors (Lipinski definition) is 1. The molecule has 2 unspecified atom stereocenters. The highest BCUT2D eigenvalue weighted by Gasteiger charge is 2.28. The van der Waals surface area contributed by atoms with Gasteiger partial charge in [0.2, 0.25) is 5.91 Å². The van der Waals surface area contributed by atoms with E-state index in [-0.39, 0.29) is 11.8 Å². The Morgan fingerprint density at radius 1 is 1.20 bits per heavy atom. The second kappa shape index (κ2) is 10.9. The lowest BCUT2D eigenvalue weighted by Gasteiger charge is -2.31. The van der Waals surface area contributed by atoms with Gasteiger partial charge in [-0.2, -0.15) is 0 Å². The van der Waals surface area contributed by atoms with Gasteiger partial charge >= 0.3 is 0 Å². The van der Waals surface area contributed by atoms with Gasteiger partial charge in [-0.05, 0) is 60.7 Å². The van der Waals surface area contributed by atoms with Crippen molar-refractivity contribution < 1.29 is 9.59 Å². The summed E-state index contributed by atoms with van der Waals surface area (Å²) < 4.78 is 2.44. The molecule has 3 atom stereocenters. The molecule has 1 aliphatic rings. The van der Waals surface area contributed by atoms with Crippen molar-refractivity contribution in [1.29, 1.82) is 0 Å². The number of aromatic nitrogens is 2. The van der Waals surface area contributed by atoms with E-state index < -0.39 is 6.04 Å². The number of hydrogen-bond acceptors (Lipinski definition) is 4. The van der Waals surface area contributed by atoms with Gasteiger partial charge < -0.3 is 14.8 Å². The molecule has 0 spiro atoms. The van der Waals surface area contributed by atoms with Crippen LogP contribution in [0.3, 0.4) is 0 Å². The predicted octanol–water partition coefficient (Wildman–Crippen LogP) is 5.67. The summed E-state index contributed by atoms with van der Waals surface area (Å²) in [6.45, 7) is 6.47. The minimum atomic E-state index is -0.539. The Balaban J connectivity index is 1.67. The summed E-state index contributed by atoms with van der Waals surface area (Å²) in [5, 5.41) is 5.08. The lowest BCUT2D eigenvalue weighted by atomic mass is 9.85. The summed E-state index contributed by atoms with van der Waals surface area (Å²) in [7, 11) is 3.45. The zero-order valence-electron chi connectivity index (χ0n) is 21.6. The summed E-state index contributed by atoms with van der Waals surface area (Å²) in [6.07, 6.45) is 6.33. The second-order valence-electron chi connectivity index (χ2n) is 10.6. The van der Waals surface area contributed by atoms with E-state index in [4.69, 9.17) is 4.98 Å². The molecule has 4 rings (SSSR count). The molecule has 35 heavy (non-hydrogen) atoms. The van der Waals surface area contributed by atoms with Crippen molar-refractivity contribution in [3.05, 3.63) is 52.0 Å². The van der Waals surface area contributed by atoms with Gasteiger partial charge in [0.25, 0.3) is 5.91 Å². The number of imidazole rings is 1. The van der Waals surface area contributed by atoms with Crippen LogP contribution in [-0.4, -0.2) is 46.4 Å². The van der Waals surface area contributed by atoms with E-state index in [1.54, 1.807) is 30.3 Å². The molecule has 1 saturated carbocycles. The van der Waals surface area contributed by atoms with Gasteiger partial charge in [-0.25, -0.2) is 4.98 Å². The molecule has 0 radical (unpaired) electrons. The van der Waals surface area contributed by atoms with Crippen LogP contribution in [0.4, 0.5) is 0 Å². The van der Waals surface area contributed by atoms with E-state index in [0.717, 1.165) is 29.7 Å². The van der Waals surface area contributed by atoms with E-state index in [9.17, 15) is 9.59 Å². The Hall–Kier alpha value is -2.67. The van der Waals surface area contributed by atoms with Gasteiger partial charge in [0.05, 0.1) is 11.0 Å². The second-order valence-corrected chi connectivity index (χ2v) is 11.6. The smallest absolute Gasteiger partial charge is 0.252 e. The van der Waals surface area contributed by atoms with E-state index >= 15 is 0 Å². The van der Waals surface area contributed by atoms with Crippen molar-refractivity contribution >= 4 is 34.2 Å². The normalized spacial score (nSPS) is 19.1. The Morgan fingerprint density at radius 2 is 1.97 bits per heavy atom. The molecule has 188 valence electrons. The van der Waals surface area contributed by atoms with Gasteiger partial charge in [0.15, 0.2) is 0 Å². The summed E-state index contributed by atoms with van der Waals surface area (Å²) in [5.41, 5.74) is 2.48. The van der Waals surface area contributed by atoms with E-state index in [1.165, 1.54) is 24.1 Å². The number of likely N-dealkylation sites (N-methyl/N-ethyl adjacent to an activating group) is 1. The summed E-state index contributed by atoms with van der Waals surface area (Å²) in [5.74, 6) is 1.65. The largest absolute Gasteiger partial charge is 0.347 e. The average Bonchev–Trinajstić information content (AvgIpc) is 3.45. The standard InChI is InChI=1S/C28H38N4O2S/c1-18(2)15-23(28(34)31(4)5)30-27(33)20-12-13-25-22(16-20)29-26(17-21-10-8-14-35-21)32(25)24-11-7-6-9-19(24)3/h8,10,12-14,16,18-19,23-24H,6-7,9,11,15,17H2,1-5H3,(H,30,33)/t19?,23-,24?/m0/s1. The molecule has 1 N–H and O–H groups in total. The minimum absolute atomic E-state index is 0.0815. The first-order chi connectivity index (χ1) is 16.7. The van der Waals surface area contributed by atoms with Crippen LogP contribution >= 0.6 is 11.3 Å². The lowest BCUT2D eigenvalue weighted by molar-refractivity contribution is -0.131. The zero-order valence-corrected chi connectivity index (χ0v) is 22.4. The lowest BCUT2D eigenvalue weighted by Crippen LogP contribution is -2.46. The number of carbonyl (C=O) groups excluding carboxylic acids is 2. The van der Waals surface area contributed by atoms with Crippen LogP contribution in [0.1, 0.15) is 80.0 Å². The predicted molar refractivity (Wildman–Crippen MR) is 143 cm³/mol. The average molecular weight is 495 g/mol. The van der Waals surface area contributed by atoms with Crippen molar-refractivity contribution in [1.82, 2.24) is 19.8 Å². The molecule has 7 heteroatoms. The number of nitrogens with zero attached hydrogens (tertiary/aromatic N) is 3. The molecule has 6 nitrogen and oxygen atoms in total. The number of amides is 2. The minimum Gasteiger partial charge on any atom is -0.347 e. The number of benzene rings is 1. The van der Waals surface area contributed by atoms with Gasteiger partial charge in [-0.15, -0.1) is 11.3 Å². The molecule has 2 aromatic heterocycles. The molecular weight excluding hydrogens is 456 g/mol. The number of rotatable bonds is 8. The Bertz CT molecular complexity index is 1170. The van der Waals surface area contributed by atoms with Crippen molar-refractivity contribution in [3.8, 4) is 0 Å². The third-order valence-corrected chi connectivity index (χ3v) is 7.96. The molecule has 1 fully saturated rings. The monoisotopic (exact) mass is 494 g/mol. The number of nitrogens with one attached hydrogen (secondary N) is 1. The number of fused-ring (bicyclic) bond motifs is 1. The van der Waals surface area contributed by atoms with Crippen LogP contribution in [0.2, 0.25) is 0 Å². The molecule has 3 aromatic rings. The molecule has 2 amide bonds. The van der Waals surface area contributed by atoms with Crippen LogP contribution < -0.4 is 5.32 Å². The van der Waals surface area contributed by atoms with Gasteiger partial charge in [0.1, 0.15) is 11.9 Å². The number of carbonyl (C=O) groups is 2. The van der Waals surface area contributed by atoms with Crippen molar-refractivity contribution in [2.24, 2.45) is 11.8 Å². The summed E-state index contributed by atoms with van der Waals surface area (Å²) in [6, 6.07) is 9.95. The molecule has 2 heterocycles. The Kier molecular flexibility index (Phi) is 7.95. The maximum Gasteiger partial charge on any atom is 0.252 e. The van der Waals surface area contributed by atoms with Crippen molar-refractivity contribution in [3.63, 3.8) is 0 Å². The topological polar surface area (TPSA) is 67.2 Å². The van der Waals surface area contributed by atoms with E-state index in [1.807, 2.05) is 18.2 Å². The van der Waals surface area contributed by atoms with Crippen LogP contribution in [0.15, 0.2) is 35.7 Å². The van der Waals surface area contributed by atoms with Crippen LogP contribution in [-0.2, 0) is 11.2 Å². The first-order valence-electron chi connectivity index (χ1n) is 12.8. The maximum atomic E-state index is 13.2. The third-order valence-electron chi connectivity index (χ3n) is 7.09. The maximum absolute atomic E-state index is 13.2. The highest BCUT2D eigenvalue weighted by Crippen LogP contribution is 2.37. The molecule has 1 aliphatic carbocycles. The molecule has 0 bridgehead atoms. The summed E-state index contributed by atoms with van der Waals surface area (Å²) >= 11 is 1.76. The Labute approximate surface area is 212 Å². The molecular formula is C28H38N4O2S. The van der Waals surface area contributed by atoms with Crippen LogP contribution in [0, 0.1) is 11.8 Å². The first-order valence-corrected chi connectivity index (χ1v) is 13.7. The van der Waals surface area contributed by atoms with E-state index in [2.05, 4.69) is 48.2 Å². The fraction of sp³-hybridized carbons (Fsp3) is 0.536. The van der Waals surface area contributed by atoms with Gasteiger partial charge in [0, 0.05) is 37.0 Å². The van der Waals surface area contributed by atoms with Crippen LogP contribution in [0.25, 0.3) is 11.0 Å². The molecule has 1 aromatic carbocycles. The quantitative estimate of drug-likeness (QED) is 0.439. The SMILES string of the molecule is CC(C)C[C@H](NC(=O)c1ccc2c(c1)nc(Cc1cccs1)n2C1CCCCC1C)C(=O)N(C)C. The molecule has 0 saturated heterocycles. The van der Waals surface area contributed by atoms with Crippen molar-refractivity contribution in [2.75, 3.05) is 14.1 Å².